The van der Waals surface area contributed by atoms with Crippen molar-refractivity contribution < 1.29 is 19.1 Å². The summed E-state index contributed by atoms with van der Waals surface area (Å²) < 4.78 is 12.1. The first-order chi connectivity index (χ1) is 14.8. The molecular weight excluding hydrogens is 418 g/mol. The summed E-state index contributed by atoms with van der Waals surface area (Å²) in [6, 6.07) is 8.12. The molecule has 1 aromatic carbocycles. The van der Waals surface area contributed by atoms with Crippen molar-refractivity contribution in [1.82, 2.24) is 19.5 Å². The third-order valence-corrected chi connectivity index (χ3v) is 5.49. The average Bonchev–Trinajstić information content (AvgIpc) is 3.11. The van der Waals surface area contributed by atoms with Crippen LogP contribution in [-0.4, -0.2) is 44.7 Å². The number of carbonyl (C=O) groups is 2. The number of aromatic nitrogens is 4. The number of aryl methyl sites for hydroxylation is 2. The summed E-state index contributed by atoms with van der Waals surface area (Å²) in [5, 5.41) is 0.682. The standard InChI is InChI=1S/C21H25N5O4S/c1-13-4-6-17(7-5-13)31-20-18-19(24-21(22)25-20)26(12-23-18)9-8-16(10-29-14(2)27)11-30-15(3)28/h4-7,12,16H,8-11H2,1-3H3,(H2,22,24,25). The summed E-state index contributed by atoms with van der Waals surface area (Å²) in [4.78, 5) is 36.6. The summed E-state index contributed by atoms with van der Waals surface area (Å²) in [7, 11) is 0. The van der Waals surface area contributed by atoms with Gasteiger partial charge in [-0.3, -0.25) is 9.59 Å². The maximum atomic E-state index is 11.2. The fraction of sp³-hybridized carbons (Fsp3) is 0.381. The number of nitrogens with two attached hydrogens (primary N) is 1. The number of carbonyl (C=O) groups excluding carboxylic acids is 2. The van der Waals surface area contributed by atoms with Crippen molar-refractivity contribution in [3.8, 4) is 0 Å². The lowest BCUT2D eigenvalue weighted by molar-refractivity contribution is -0.146. The molecular formula is C21H25N5O4S. The number of imidazole rings is 1. The van der Waals surface area contributed by atoms with Crippen LogP contribution in [0.1, 0.15) is 25.8 Å². The number of esters is 2. The SMILES string of the molecule is CC(=O)OCC(CCn1cnc2c(Sc3ccc(C)cc3)nc(N)nc21)COC(C)=O. The van der Waals surface area contributed by atoms with Crippen LogP contribution in [0.5, 0.6) is 0 Å². The molecule has 0 amide bonds. The van der Waals surface area contributed by atoms with E-state index in [1.54, 1.807) is 6.33 Å². The van der Waals surface area contributed by atoms with Gasteiger partial charge in [0, 0.05) is 31.2 Å². The minimum atomic E-state index is -0.376. The van der Waals surface area contributed by atoms with E-state index in [0.29, 0.717) is 29.2 Å². The molecule has 0 aliphatic carbocycles. The fourth-order valence-electron chi connectivity index (χ4n) is 2.89. The van der Waals surface area contributed by atoms with Crippen LogP contribution in [0.4, 0.5) is 5.95 Å². The highest BCUT2D eigenvalue weighted by molar-refractivity contribution is 7.99. The van der Waals surface area contributed by atoms with Gasteiger partial charge in [-0.1, -0.05) is 29.5 Å². The normalized spacial score (nSPS) is 11.1. The maximum absolute atomic E-state index is 11.2. The molecule has 0 saturated heterocycles. The molecule has 9 nitrogen and oxygen atoms in total. The van der Waals surface area contributed by atoms with Crippen molar-refractivity contribution in [2.75, 3.05) is 18.9 Å². The van der Waals surface area contributed by atoms with Crippen molar-refractivity contribution in [2.45, 2.75) is 43.7 Å². The number of rotatable bonds is 9. The molecule has 0 radical (unpaired) electrons. The largest absolute Gasteiger partial charge is 0.465 e. The van der Waals surface area contributed by atoms with Gasteiger partial charge >= 0.3 is 11.9 Å². The first kappa shape index (κ1) is 22.5. The average molecular weight is 444 g/mol. The van der Waals surface area contributed by atoms with Crippen molar-refractivity contribution >= 4 is 40.8 Å². The lowest BCUT2D eigenvalue weighted by atomic mass is 10.1. The summed E-state index contributed by atoms with van der Waals surface area (Å²) in [5.74, 6) is -0.732. The number of benzene rings is 1. The molecule has 164 valence electrons. The molecule has 0 saturated carbocycles. The first-order valence-corrected chi connectivity index (χ1v) is 10.6. The fourth-order valence-corrected chi connectivity index (χ4v) is 3.77. The molecule has 0 bridgehead atoms. The molecule has 0 fully saturated rings. The molecule has 0 aliphatic heterocycles. The van der Waals surface area contributed by atoms with Crippen LogP contribution in [0.15, 0.2) is 40.5 Å². The third kappa shape index (κ3) is 6.42. The van der Waals surface area contributed by atoms with Gasteiger partial charge in [-0.2, -0.15) is 4.98 Å². The number of hydrogen-bond acceptors (Lipinski definition) is 9. The van der Waals surface area contributed by atoms with E-state index in [-0.39, 0.29) is 37.0 Å². The molecule has 2 N–H and O–H groups in total. The number of nitrogen functional groups attached to an aromatic ring is 1. The molecule has 31 heavy (non-hydrogen) atoms. The van der Waals surface area contributed by atoms with Gasteiger partial charge in [0.2, 0.25) is 5.95 Å². The smallest absolute Gasteiger partial charge is 0.302 e. The first-order valence-electron chi connectivity index (χ1n) is 9.81. The molecule has 0 atom stereocenters. The molecule has 0 spiro atoms. The molecule has 3 aromatic rings. The van der Waals surface area contributed by atoms with E-state index in [4.69, 9.17) is 15.2 Å². The molecule has 2 heterocycles. The van der Waals surface area contributed by atoms with Gasteiger partial charge in [0.05, 0.1) is 19.5 Å². The van der Waals surface area contributed by atoms with Crippen LogP contribution in [0, 0.1) is 12.8 Å². The topological polar surface area (TPSA) is 122 Å². The Balaban J connectivity index is 1.77. The van der Waals surface area contributed by atoms with Crippen molar-refractivity contribution in [1.29, 1.82) is 0 Å². The van der Waals surface area contributed by atoms with Gasteiger partial charge in [0.15, 0.2) is 5.65 Å². The Labute approximate surface area is 184 Å². The zero-order chi connectivity index (χ0) is 22.4. The molecule has 2 aromatic heterocycles. The van der Waals surface area contributed by atoms with Crippen LogP contribution in [0.2, 0.25) is 0 Å². The van der Waals surface area contributed by atoms with Crippen molar-refractivity contribution in [3.63, 3.8) is 0 Å². The van der Waals surface area contributed by atoms with Gasteiger partial charge in [-0.25, -0.2) is 9.97 Å². The Bertz CT molecular complexity index is 1050. The number of ether oxygens (including phenoxy) is 2. The van der Waals surface area contributed by atoms with E-state index in [2.05, 4.69) is 15.0 Å². The Morgan fingerprint density at radius 1 is 1.10 bits per heavy atom. The second-order valence-corrected chi connectivity index (χ2v) is 8.23. The van der Waals surface area contributed by atoms with Crippen LogP contribution < -0.4 is 5.73 Å². The highest BCUT2D eigenvalue weighted by Gasteiger charge is 2.17. The molecule has 0 unspecified atom stereocenters. The number of hydrogen-bond donors (Lipinski definition) is 1. The minimum Gasteiger partial charge on any atom is -0.465 e. The van der Waals surface area contributed by atoms with E-state index in [1.165, 1.54) is 31.2 Å². The summed E-state index contributed by atoms with van der Waals surface area (Å²) in [6.07, 6.45) is 2.28. The highest BCUT2D eigenvalue weighted by atomic mass is 32.2. The number of anilines is 1. The third-order valence-electron chi connectivity index (χ3n) is 4.51. The Morgan fingerprint density at radius 3 is 2.35 bits per heavy atom. The Morgan fingerprint density at radius 2 is 1.74 bits per heavy atom. The van der Waals surface area contributed by atoms with E-state index in [9.17, 15) is 9.59 Å². The second kappa shape index (κ2) is 10.3. The van der Waals surface area contributed by atoms with Crippen LogP contribution >= 0.6 is 11.8 Å². The zero-order valence-corrected chi connectivity index (χ0v) is 18.5. The van der Waals surface area contributed by atoms with E-state index >= 15 is 0 Å². The van der Waals surface area contributed by atoms with Gasteiger partial charge in [0.1, 0.15) is 10.5 Å². The van der Waals surface area contributed by atoms with E-state index in [0.717, 1.165) is 4.90 Å². The Kier molecular flexibility index (Phi) is 7.45. The van der Waals surface area contributed by atoms with Gasteiger partial charge < -0.3 is 19.8 Å². The zero-order valence-electron chi connectivity index (χ0n) is 17.7. The van der Waals surface area contributed by atoms with Crippen LogP contribution in [0.25, 0.3) is 11.2 Å². The Hall–Kier alpha value is -3.14. The summed E-state index contributed by atoms with van der Waals surface area (Å²) in [5.41, 5.74) is 8.42. The summed E-state index contributed by atoms with van der Waals surface area (Å²) in [6.45, 7) is 5.60. The monoisotopic (exact) mass is 443 g/mol. The van der Waals surface area contributed by atoms with Crippen LogP contribution in [-0.2, 0) is 25.6 Å². The highest BCUT2D eigenvalue weighted by Crippen LogP contribution is 2.31. The maximum Gasteiger partial charge on any atom is 0.302 e. The van der Waals surface area contributed by atoms with Gasteiger partial charge in [-0.05, 0) is 25.5 Å². The van der Waals surface area contributed by atoms with Gasteiger partial charge in [-0.15, -0.1) is 0 Å². The predicted octanol–water partition coefficient (Wildman–Crippen LogP) is 3.00. The van der Waals surface area contributed by atoms with Crippen molar-refractivity contribution in [2.24, 2.45) is 5.92 Å². The van der Waals surface area contributed by atoms with E-state index in [1.807, 2.05) is 35.8 Å². The van der Waals surface area contributed by atoms with Crippen molar-refractivity contribution in [3.05, 3.63) is 36.2 Å². The quantitative estimate of drug-likeness (QED) is 0.393. The predicted molar refractivity (Wildman–Crippen MR) is 116 cm³/mol. The molecule has 3 rings (SSSR count). The minimum absolute atomic E-state index is 0.147. The summed E-state index contributed by atoms with van der Waals surface area (Å²) >= 11 is 1.48. The van der Waals surface area contributed by atoms with Crippen LogP contribution in [0.3, 0.4) is 0 Å². The lowest BCUT2D eigenvalue weighted by Gasteiger charge is -2.16. The number of fused-ring (bicyclic) bond motifs is 1. The van der Waals surface area contributed by atoms with E-state index < -0.39 is 0 Å². The van der Waals surface area contributed by atoms with Gasteiger partial charge in [0.25, 0.3) is 0 Å². The lowest BCUT2D eigenvalue weighted by Crippen LogP contribution is -2.21. The second-order valence-electron chi connectivity index (χ2n) is 7.17. The number of nitrogens with zero attached hydrogens (tertiary/aromatic N) is 4. The molecule has 0 aliphatic rings. The molecule has 10 heteroatoms.